The van der Waals surface area contributed by atoms with E-state index in [9.17, 15) is 0 Å². The van der Waals surface area contributed by atoms with Gasteiger partial charge in [-0.05, 0) is 58.7 Å². The van der Waals surface area contributed by atoms with E-state index in [-0.39, 0.29) is 0 Å². The summed E-state index contributed by atoms with van der Waals surface area (Å²) in [6.45, 7) is 5.34. The van der Waals surface area contributed by atoms with E-state index in [1.807, 2.05) is 0 Å². The third-order valence-corrected chi connectivity index (χ3v) is 15.2. The molecule has 0 amide bonds. The highest BCUT2D eigenvalue weighted by atomic mass is 28.3. The van der Waals surface area contributed by atoms with Gasteiger partial charge in [0.25, 0.3) is 0 Å². The first-order valence-corrected chi connectivity index (χ1v) is 19.9. The zero-order valence-corrected chi connectivity index (χ0v) is 27.6. The second-order valence-corrected chi connectivity index (χ2v) is 18.6. The molecule has 2 heterocycles. The number of benzene rings is 6. The van der Waals surface area contributed by atoms with Crippen LogP contribution in [0.2, 0.25) is 13.1 Å². The van der Waals surface area contributed by atoms with Crippen molar-refractivity contribution in [3.8, 4) is 33.9 Å². The van der Waals surface area contributed by atoms with Gasteiger partial charge in [-0.25, -0.2) is 0 Å². The number of aromatic nitrogens is 2. The first-order chi connectivity index (χ1) is 23.1. The van der Waals surface area contributed by atoms with Gasteiger partial charge in [0.1, 0.15) is 0 Å². The fourth-order valence-corrected chi connectivity index (χ4v) is 13.8. The van der Waals surface area contributed by atoms with Crippen LogP contribution in [0.4, 0.5) is 0 Å². The topological polar surface area (TPSA) is 9.86 Å². The number of rotatable bonds is 4. The summed E-state index contributed by atoms with van der Waals surface area (Å²) in [5.41, 5.74) is 17.2. The Morgan fingerprint density at radius 1 is 0.404 bits per heavy atom. The maximum Gasteiger partial charge on any atom is 0.0733 e. The summed E-state index contributed by atoms with van der Waals surface area (Å²) in [5, 5.41) is 2.76. The van der Waals surface area contributed by atoms with Crippen molar-refractivity contribution >= 4 is 29.9 Å². The molecule has 2 atom stereocenters. The van der Waals surface area contributed by atoms with Crippen LogP contribution in [0, 0.1) is 0 Å². The van der Waals surface area contributed by atoms with Gasteiger partial charge in [0, 0.05) is 44.4 Å². The van der Waals surface area contributed by atoms with Gasteiger partial charge < -0.3 is 9.13 Å². The van der Waals surface area contributed by atoms with Gasteiger partial charge in [0.2, 0.25) is 0 Å². The van der Waals surface area contributed by atoms with Crippen LogP contribution < -0.4 is 0 Å². The van der Waals surface area contributed by atoms with Crippen LogP contribution in [-0.4, -0.2) is 17.2 Å². The van der Waals surface area contributed by atoms with Crippen LogP contribution in [0.5, 0.6) is 0 Å². The summed E-state index contributed by atoms with van der Waals surface area (Å²) < 4.78 is 5.06. The molecule has 2 aliphatic rings. The maximum atomic E-state index is 2.67. The van der Waals surface area contributed by atoms with Crippen molar-refractivity contribution < 1.29 is 0 Å². The number of hydrogen-bond donors (Lipinski definition) is 0. The SMILES string of the molecule is C[Si](C)(C1c2ccccc2-c2c1c1ccccc1n2-c1ccccc1)C1c2ccccc2-c2c1c1ccccc1n2-c1ccccc1. The molecule has 8 aromatic rings. The third-order valence-electron chi connectivity index (χ3n) is 11.0. The summed E-state index contributed by atoms with van der Waals surface area (Å²) in [7, 11) is -2.28. The van der Waals surface area contributed by atoms with Gasteiger partial charge in [-0.3, -0.25) is 0 Å². The van der Waals surface area contributed by atoms with Crippen molar-refractivity contribution in [3.63, 3.8) is 0 Å². The minimum Gasteiger partial charge on any atom is -0.309 e. The number of fused-ring (bicyclic) bond motifs is 10. The summed E-state index contributed by atoms with van der Waals surface area (Å²) in [6, 6.07) is 58.6. The lowest BCUT2D eigenvalue weighted by molar-refractivity contribution is 1.02. The number of para-hydroxylation sites is 4. The molecule has 2 unspecified atom stereocenters. The average molecular weight is 619 g/mol. The van der Waals surface area contributed by atoms with Crippen molar-refractivity contribution in [3.05, 3.63) is 180 Å². The van der Waals surface area contributed by atoms with Crippen molar-refractivity contribution in [1.29, 1.82) is 0 Å². The molecule has 2 aromatic heterocycles. The molecule has 0 bridgehead atoms. The average Bonchev–Trinajstić information content (AvgIpc) is 3.84. The highest BCUT2D eigenvalue weighted by molar-refractivity contribution is 6.82. The second kappa shape index (κ2) is 9.81. The van der Waals surface area contributed by atoms with Gasteiger partial charge in [-0.2, -0.15) is 0 Å². The molecule has 0 N–H and O–H groups in total. The Hall–Kier alpha value is -5.38. The first-order valence-electron chi connectivity index (χ1n) is 16.7. The quantitative estimate of drug-likeness (QED) is 0.174. The van der Waals surface area contributed by atoms with Crippen LogP contribution >= 0.6 is 0 Å². The van der Waals surface area contributed by atoms with E-state index in [0.717, 1.165) is 0 Å². The molecule has 224 valence electrons. The summed E-state index contributed by atoms with van der Waals surface area (Å²) in [4.78, 5) is 0. The minimum atomic E-state index is -2.28. The number of nitrogens with zero attached hydrogens (tertiary/aromatic N) is 2. The Labute approximate surface area is 276 Å². The van der Waals surface area contributed by atoms with E-state index < -0.39 is 8.07 Å². The molecule has 0 saturated carbocycles. The second-order valence-electron chi connectivity index (χ2n) is 13.8. The highest BCUT2D eigenvalue weighted by Gasteiger charge is 2.52. The van der Waals surface area contributed by atoms with E-state index in [0.29, 0.717) is 11.1 Å². The monoisotopic (exact) mass is 618 g/mol. The molecule has 2 aliphatic carbocycles. The lowest BCUT2D eigenvalue weighted by Gasteiger charge is -2.38. The molecular weight excluding hydrogens is 585 g/mol. The standard InChI is InChI=1S/C44H34N2Si/c1-47(2,43-33-23-11-9-21-31(33)41-39(43)35-25-13-15-27-37(35)45(41)29-17-5-3-6-18-29)44-34-24-12-10-22-32(34)42-40(44)36-26-14-16-28-38(36)46(42)30-19-7-4-8-20-30/h3-28,43-44H,1-2H3. The van der Waals surface area contributed by atoms with Gasteiger partial charge in [0.15, 0.2) is 0 Å². The van der Waals surface area contributed by atoms with E-state index in [1.54, 1.807) is 0 Å². The molecular formula is C44H34N2Si. The summed E-state index contributed by atoms with van der Waals surface area (Å²) >= 11 is 0. The van der Waals surface area contributed by atoms with Crippen molar-refractivity contribution in [2.24, 2.45) is 0 Å². The summed E-state index contributed by atoms with van der Waals surface area (Å²) in [6.07, 6.45) is 0. The fourth-order valence-electron chi connectivity index (χ4n) is 9.29. The Morgan fingerprint density at radius 3 is 1.21 bits per heavy atom. The third kappa shape index (κ3) is 3.55. The molecule has 0 saturated heterocycles. The Balaban J connectivity index is 1.29. The van der Waals surface area contributed by atoms with Crippen molar-refractivity contribution in [1.82, 2.24) is 9.13 Å². The normalized spacial score (nSPS) is 16.3. The van der Waals surface area contributed by atoms with Gasteiger partial charge in [-0.1, -0.05) is 134 Å². The zero-order chi connectivity index (χ0) is 31.3. The highest BCUT2D eigenvalue weighted by Crippen LogP contribution is 2.61. The predicted octanol–water partition coefficient (Wildman–Crippen LogP) is 11.3. The molecule has 2 nitrogen and oxygen atoms in total. The Morgan fingerprint density at radius 2 is 0.766 bits per heavy atom. The van der Waals surface area contributed by atoms with Crippen LogP contribution in [0.15, 0.2) is 158 Å². The minimum absolute atomic E-state index is 0.325. The lowest BCUT2D eigenvalue weighted by atomic mass is 10.1. The molecule has 0 spiro atoms. The van der Waals surface area contributed by atoms with Crippen molar-refractivity contribution in [2.75, 3.05) is 0 Å². The molecule has 3 heteroatoms. The van der Waals surface area contributed by atoms with E-state index >= 15 is 0 Å². The fraction of sp³-hybridized carbons (Fsp3) is 0.0909. The molecule has 0 fully saturated rings. The van der Waals surface area contributed by atoms with Crippen molar-refractivity contribution in [2.45, 2.75) is 24.2 Å². The molecule has 0 aliphatic heterocycles. The van der Waals surface area contributed by atoms with Crippen LogP contribution in [0.1, 0.15) is 33.3 Å². The van der Waals surface area contributed by atoms with Gasteiger partial charge >= 0.3 is 0 Å². The number of hydrogen-bond acceptors (Lipinski definition) is 0. The molecule has 47 heavy (non-hydrogen) atoms. The Bertz CT molecular complexity index is 2330. The van der Waals surface area contributed by atoms with Gasteiger partial charge in [-0.15, -0.1) is 0 Å². The molecule has 6 aromatic carbocycles. The molecule has 0 radical (unpaired) electrons. The molecule has 10 rings (SSSR count). The van der Waals surface area contributed by atoms with Crippen LogP contribution in [0.25, 0.3) is 55.7 Å². The zero-order valence-electron chi connectivity index (χ0n) is 26.6. The van der Waals surface area contributed by atoms with Gasteiger partial charge in [0.05, 0.1) is 30.5 Å². The predicted molar refractivity (Wildman–Crippen MR) is 199 cm³/mol. The Kier molecular flexibility index (Phi) is 5.59. The largest absolute Gasteiger partial charge is 0.309 e. The smallest absolute Gasteiger partial charge is 0.0733 e. The first kappa shape index (κ1) is 26.8. The lowest BCUT2D eigenvalue weighted by Crippen LogP contribution is -2.42. The van der Waals surface area contributed by atoms with E-state index in [2.05, 4.69) is 180 Å². The van der Waals surface area contributed by atoms with E-state index in [4.69, 9.17) is 0 Å². The summed E-state index contributed by atoms with van der Waals surface area (Å²) in [5.74, 6) is 0. The van der Waals surface area contributed by atoms with E-state index in [1.165, 1.54) is 77.9 Å². The maximum absolute atomic E-state index is 2.67. The van der Waals surface area contributed by atoms with Crippen LogP contribution in [0.3, 0.4) is 0 Å². The van der Waals surface area contributed by atoms with Crippen LogP contribution in [-0.2, 0) is 0 Å².